The number of carbonyl (C=O) groups is 2. The van der Waals surface area contributed by atoms with E-state index in [1.165, 1.54) is 25.3 Å². The van der Waals surface area contributed by atoms with Crippen LogP contribution in [0.1, 0.15) is 10.4 Å². The van der Waals surface area contributed by atoms with E-state index in [2.05, 4.69) is 4.74 Å². The van der Waals surface area contributed by atoms with E-state index < -0.39 is 11.9 Å². The minimum absolute atomic E-state index is 0.0716. The molecule has 1 N–H and O–H groups in total. The lowest BCUT2D eigenvalue weighted by molar-refractivity contribution is -0.142. The van der Waals surface area contributed by atoms with Crippen LogP contribution in [0.15, 0.2) is 18.2 Å². The molecule has 0 bridgehead atoms. The molecule has 0 spiro atoms. The van der Waals surface area contributed by atoms with E-state index in [0.29, 0.717) is 0 Å². The first-order chi connectivity index (χ1) is 7.54. The number of methoxy groups -OCH3 is 1. The zero-order valence-electron chi connectivity index (χ0n) is 8.40. The normalized spacial score (nSPS) is 9.62. The summed E-state index contributed by atoms with van der Waals surface area (Å²) in [4.78, 5) is 21.6. The number of benzene rings is 1. The van der Waals surface area contributed by atoms with Gasteiger partial charge in [0, 0.05) is 5.02 Å². The zero-order chi connectivity index (χ0) is 12.1. The number of carbonyl (C=O) groups excluding carboxylic acids is 1. The lowest BCUT2D eigenvalue weighted by Gasteiger charge is -2.07. The van der Waals surface area contributed by atoms with Crippen molar-refractivity contribution in [2.45, 2.75) is 0 Å². The first-order valence-corrected chi connectivity index (χ1v) is 4.65. The largest absolute Gasteiger partial charge is 0.481 e. The van der Waals surface area contributed by atoms with Crippen molar-refractivity contribution in [1.29, 1.82) is 0 Å². The predicted octanol–water partition coefficient (Wildman–Crippen LogP) is 1.59. The second kappa shape index (κ2) is 5.37. The fourth-order valence-corrected chi connectivity index (χ4v) is 1.16. The number of carboxylic acid groups (broad SMARTS) is 1. The maximum absolute atomic E-state index is 10.8. The third-order valence-corrected chi connectivity index (χ3v) is 1.98. The minimum Gasteiger partial charge on any atom is -0.481 e. The molecule has 6 heteroatoms. The Hall–Kier alpha value is -1.75. The monoisotopic (exact) mass is 244 g/mol. The van der Waals surface area contributed by atoms with Crippen LogP contribution < -0.4 is 4.74 Å². The third-order valence-electron chi connectivity index (χ3n) is 1.75. The van der Waals surface area contributed by atoms with Crippen molar-refractivity contribution in [2.75, 3.05) is 13.7 Å². The summed E-state index contributed by atoms with van der Waals surface area (Å²) in [5.74, 6) is -1.70. The first-order valence-electron chi connectivity index (χ1n) is 4.27. The van der Waals surface area contributed by atoms with Crippen LogP contribution in [0.5, 0.6) is 5.75 Å². The summed E-state index contributed by atoms with van der Waals surface area (Å²) in [7, 11) is 1.21. The average molecular weight is 245 g/mol. The van der Waals surface area contributed by atoms with Crippen LogP contribution in [0, 0.1) is 0 Å². The van der Waals surface area contributed by atoms with Crippen LogP contribution in [-0.2, 0) is 9.53 Å². The number of aromatic carboxylic acids is 1. The molecule has 5 nitrogen and oxygen atoms in total. The van der Waals surface area contributed by atoms with Crippen molar-refractivity contribution in [3.8, 4) is 5.75 Å². The van der Waals surface area contributed by atoms with E-state index in [1.807, 2.05) is 0 Å². The number of esters is 1. The Morgan fingerprint density at radius 3 is 2.69 bits per heavy atom. The van der Waals surface area contributed by atoms with E-state index in [1.54, 1.807) is 0 Å². The predicted molar refractivity (Wildman–Crippen MR) is 55.9 cm³/mol. The summed E-state index contributed by atoms with van der Waals surface area (Å²) in [6.45, 7) is -0.349. The van der Waals surface area contributed by atoms with Crippen LogP contribution >= 0.6 is 11.6 Å². The SMILES string of the molecule is COC(=O)COc1ccc(Cl)cc1C(=O)O. The molecule has 0 radical (unpaired) electrons. The van der Waals surface area contributed by atoms with Crippen molar-refractivity contribution in [3.05, 3.63) is 28.8 Å². The first kappa shape index (κ1) is 12.3. The van der Waals surface area contributed by atoms with Crippen molar-refractivity contribution in [3.63, 3.8) is 0 Å². The van der Waals surface area contributed by atoms with Crippen LogP contribution in [0.3, 0.4) is 0 Å². The number of halogens is 1. The topological polar surface area (TPSA) is 72.8 Å². The van der Waals surface area contributed by atoms with Gasteiger partial charge in [-0.3, -0.25) is 0 Å². The van der Waals surface area contributed by atoms with E-state index in [-0.39, 0.29) is 22.9 Å². The summed E-state index contributed by atoms with van der Waals surface area (Å²) in [5, 5.41) is 9.14. The van der Waals surface area contributed by atoms with Gasteiger partial charge in [0.2, 0.25) is 0 Å². The van der Waals surface area contributed by atoms with Gasteiger partial charge in [-0.15, -0.1) is 0 Å². The van der Waals surface area contributed by atoms with Crippen molar-refractivity contribution in [1.82, 2.24) is 0 Å². The average Bonchev–Trinajstić information content (AvgIpc) is 2.26. The molecule has 1 rings (SSSR count). The summed E-state index contributed by atoms with van der Waals surface area (Å²) in [5.41, 5.74) is -0.101. The molecule has 0 heterocycles. The van der Waals surface area contributed by atoms with E-state index in [4.69, 9.17) is 21.4 Å². The number of ether oxygens (including phenoxy) is 2. The van der Waals surface area contributed by atoms with Gasteiger partial charge in [-0.05, 0) is 18.2 Å². The number of hydrogen-bond acceptors (Lipinski definition) is 4. The molecule has 0 amide bonds. The third kappa shape index (κ3) is 3.13. The molecule has 0 unspecified atom stereocenters. The van der Waals surface area contributed by atoms with Crippen molar-refractivity contribution in [2.24, 2.45) is 0 Å². The van der Waals surface area contributed by atoms with Crippen molar-refractivity contribution < 1.29 is 24.2 Å². The summed E-state index contributed by atoms with van der Waals surface area (Å²) < 4.78 is 9.35. The van der Waals surface area contributed by atoms with E-state index in [0.717, 1.165) is 0 Å². The van der Waals surface area contributed by atoms with Crippen LogP contribution in [0.2, 0.25) is 5.02 Å². The molecule has 0 aromatic heterocycles. The van der Waals surface area contributed by atoms with Gasteiger partial charge in [0.05, 0.1) is 7.11 Å². The maximum atomic E-state index is 10.8. The van der Waals surface area contributed by atoms with Gasteiger partial charge in [0.15, 0.2) is 6.61 Å². The Morgan fingerprint density at radius 2 is 2.12 bits per heavy atom. The molecule has 0 aliphatic carbocycles. The molecule has 0 aliphatic rings. The Balaban J connectivity index is 2.87. The molecular formula is C10H9ClO5. The minimum atomic E-state index is -1.18. The number of hydrogen-bond donors (Lipinski definition) is 1. The van der Waals surface area contributed by atoms with Gasteiger partial charge in [-0.1, -0.05) is 11.6 Å². The van der Waals surface area contributed by atoms with E-state index >= 15 is 0 Å². The van der Waals surface area contributed by atoms with Gasteiger partial charge < -0.3 is 14.6 Å². The lowest BCUT2D eigenvalue weighted by atomic mass is 10.2. The molecule has 1 aromatic carbocycles. The fraction of sp³-hybridized carbons (Fsp3) is 0.200. The highest BCUT2D eigenvalue weighted by atomic mass is 35.5. The zero-order valence-corrected chi connectivity index (χ0v) is 9.15. The Labute approximate surface area is 96.5 Å². The molecule has 0 aliphatic heterocycles. The summed E-state index contributed by atoms with van der Waals surface area (Å²) in [6.07, 6.45) is 0. The molecule has 0 atom stereocenters. The molecular weight excluding hydrogens is 236 g/mol. The fourth-order valence-electron chi connectivity index (χ4n) is 0.991. The second-order valence-corrected chi connectivity index (χ2v) is 3.25. The highest BCUT2D eigenvalue weighted by molar-refractivity contribution is 6.31. The van der Waals surface area contributed by atoms with Gasteiger partial charge in [0.1, 0.15) is 11.3 Å². The molecule has 0 saturated heterocycles. The molecule has 1 aromatic rings. The van der Waals surface area contributed by atoms with E-state index in [9.17, 15) is 9.59 Å². The molecule has 0 fully saturated rings. The molecule has 16 heavy (non-hydrogen) atoms. The highest BCUT2D eigenvalue weighted by Crippen LogP contribution is 2.22. The maximum Gasteiger partial charge on any atom is 0.343 e. The Kier molecular flexibility index (Phi) is 4.13. The smallest absolute Gasteiger partial charge is 0.343 e. The standard InChI is InChI=1S/C10H9ClO5/c1-15-9(12)5-16-8-3-2-6(11)4-7(8)10(13)14/h2-4H,5H2,1H3,(H,13,14). The highest BCUT2D eigenvalue weighted by Gasteiger charge is 2.13. The Morgan fingerprint density at radius 1 is 1.44 bits per heavy atom. The summed E-state index contributed by atoms with van der Waals surface area (Å²) >= 11 is 5.64. The van der Waals surface area contributed by atoms with Gasteiger partial charge in [0.25, 0.3) is 0 Å². The quantitative estimate of drug-likeness (QED) is 0.815. The summed E-state index contributed by atoms with van der Waals surface area (Å²) in [6, 6.07) is 4.10. The number of carboxylic acids is 1. The molecule has 86 valence electrons. The van der Waals surface area contributed by atoms with Crippen LogP contribution in [-0.4, -0.2) is 30.8 Å². The van der Waals surface area contributed by atoms with Crippen molar-refractivity contribution >= 4 is 23.5 Å². The van der Waals surface area contributed by atoms with Gasteiger partial charge in [-0.2, -0.15) is 0 Å². The van der Waals surface area contributed by atoms with Gasteiger partial charge in [-0.25, -0.2) is 9.59 Å². The van der Waals surface area contributed by atoms with Crippen LogP contribution in [0.4, 0.5) is 0 Å². The lowest BCUT2D eigenvalue weighted by Crippen LogP contribution is -2.14. The second-order valence-electron chi connectivity index (χ2n) is 2.81. The Bertz CT molecular complexity index is 416. The van der Waals surface area contributed by atoms with Gasteiger partial charge >= 0.3 is 11.9 Å². The number of rotatable bonds is 4. The molecule has 0 saturated carbocycles. The van der Waals surface area contributed by atoms with Crippen LogP contribution in [0.25, 0.3) is 0 Å².